The van der Waals surface area contributed by atoms with Gasteiger partial charge < -0.3 is 9.47 Å². The summed E-state index contributed by atoms with van der Waals surface area (Å²) in [6.07, 6.45) is 1.58. The minimum absolute atomic E-state index is 0.248. The van der Waals surface area contributed by atoms with E-state index in [1.165, 1.54) is 22.3 Å². The molecule has 0 saturated carbocycles. The molecule has 40 heavy (non-hydrogen) atoms. The molecule has 1 aliphatic rings. The largest absolute Gasteiger partial charge is 0.477 e. The number of hydrogen-bond donors (Lipinski definition) is 0. The number of aromatic nitrogens is 1. The molecule has 0 unspecified atom stereocenters. The molecule has 1 heterocycles. The Balaban J connectivity index is 1.41. The zero-order chi connectivity index (χ0) is 27.5. The van der Waals surface area contributed by atoms with Crippen LogP contribution in [-0.4, -0.2) is 24.2 Å². The number of rotatable bonds is 8. The van der Waals surface area contributed by atoms with Crippen LogP contribution in [0.4, 0.5) is 0 Å². The summed E-state index contributed by atoms with van der Waals surface area (Å²) >= 11 is 0. The number of carbonyl (C=O) groups excluding carboxylic acids is 1. The van der Waals surface area contributed by atoms with E-state index in [4.69, 9.17) is 14.5 Å². The van der Waals surface area contributed by atoms with Gasteiger partial charge in [-0.05, 0) is 70.5 Å². The first-order chi connectivity index (χ1) is 19.6. The predicted molar refractivity (Wildman–Crippen MR) is 157 cm³/mol. The third kappa shape index (κ3) is 4.92. The lowest BCUT2D eigenvalue weighted by molar-refractivity contribution is -0.143. The minimum atomic E-state index is -0.260. The number of nitriles is 1. The molecule has 0 N–H and O–H groups in total. The highest BCUT2D eigenvalue weighted by molar-refractivity contribution is 5.88. The van der Waals surface area contributed by atoms with Crippen molar-refractivity contribution in [1.29, 1.82) is 5.26 Å². The fourth-order valence-electron chi connectivity index (χ4n) is 5.39. The molecule has 5 aromatic rings. The fraction of sp³-hybridized carbons (Fsp3) is 0.171. The van der Waals surface area contributed by atoms with Gasteiger partial charge in [-0.25, -0.2) is 4.98 Å². The number of esters is 1. The third-order valence-electron chi connectivity index (χ3n) is 7.32. The second-order valence-electron chi connectivity index (χ2n) is 9.87. The maximum atomic E-state index is 11.8. The highest BCUT2D eigenvalue weighted by atomic mass is 16.5. The van der Waals surface area contributed by atoms with E-state index in [1.807, 2.05) is 24.3 Å². The van der Waals surface area contributed by atoms with Gasteiger partial charge in [0.05, 0.1) is 18.9 Å². The summed E-state index contributed by atoms with van der Waals surface area (Å²) in [7, 11) is 0. The van der Waals surface area contributed by atoms with Gasteiger partial charge in [-0.2, -0.15) is 5.26 Å². The van der Waals surface area contributed by atoms with Gasteiger partial charge in [-0.15, -0.1) is 0 Å². The van der Waals surface area contributed by atoms with Gasteiger partial charge >= 0.3 is 5.97 Å². The van der Waals surface area contributed by atoms with E-state index < -0.39 is 0 Å². The zero-order valence-electron chi connectivity index (χ0n) is 22.3. The Morgan fingerprint density at radius 3 is 2.48 bits per heavy atom. The zero-order valence-corrected chi connectivity index (χ0v) is 22.3. The van der Waals surface area contributed by atoms with E-state index in [9.17, 15) is 10.1 Å². The van der Waals surface area contributed by atoms with Crippen molar-refractivity contribution in [3.8, 4) is 45.5 Å². The van der Waals surface area contributed by atoms with Gasteiger partial charge in [0.15, 0.2) is 0 Å². The van der Waals surface area contributed by atoms with Crippen molar-refractivity contribution < 1.29 is 14.3 Å². The molecular weight excluding hydrogens is 496 g/mol. The Labute approximate surface area is 233 Å². The van der Waals surface area contributed by atoms with Gasteiger partial charge in [-0.3, -0.25) is 4.79 Å². The van der Waals surface area contributed by atoms with Crippen molar-refractivity contribution in [2.24, 2.45) is 0 Å². The van der Waals surface area contributed by atoms with E-state index >= 15 is 0 Å². The number of ether oxygens (including phenoxy) is 2. The standard InChI is InChI=1S/C35H28N2O3/c1-2-39-34(38)12-7-17-40-35-32(22-36)31(21-33(37-35)27-14-13-23-8-3-4-9-24(23)18-27)26-15-16-30-28(20-26)19-25-10-5-6-11-29(25)30/h3-6,8-11,13-16,18,20-21H,2,7,12,17,19H2,1H3. The topological polar surface area (TPSA) is 72.2 Å². The highest BCUT2D eigenvalue weighted by Gasteiger charge is 2.21. The Morgan fingerprint density at radius 1 is 0.850 bits per heavy atom. The van der Waals surface area contributed by atoms with Crippen LogP contribution in [0.3, 0.4) is 0 Å². The fourth-order valence-corrected chi connectivity index (χ4v) is 5.39. The van der Waals surface area contributed by atoms with Crippen molar-refractivity contribution in [1.82, 2.24) is 4.98 Å². The van der Waals surface area contributed by atoms with Crippen LogP contribution in [0.1, 0.15) is 36.5 Å². The van der Waals surface area contributed by atoms with Crippen LogP contribution in [0, 0.1) is 11.3 Å². The molecule has 196 valence electrons. The molecule has 4 aromatic carbocycles. The molecule has 0 amide bonds. The van der Waals surface area contributed by atoms with E-state index in [1.54, 1.807) is 6.92 Å². The Kier molecular flexibility index (Phi) is 6.99. The van der Waals surface area contributed by atoms with Gasteiger partial charge in [0, 0.05) is 17.5 Å². The average molecular weight is 525 g/mol. The second-order valence-corrected chi connectivity index (χ2v) is 9.87. The predicted octanol–water partition coefficient (Wildman–Crippen LogP) is 7.73. The second kappa shape index (κ2) is 11.0. The summed E-state index contributed by atoms with van der Waals surface area (Å²) in [6.45, 7) is 2.39. The first-order valence-corrected chi connectivity index (χ1v) is 13.6. The quantitative estimate of drug-likeness (QED) is 0.150. The van der Waals surface area contributed by atoms with Crippen LogP contribution in [0.25, 0.3) is 44.3 Å². The van der Waals surface area contributed by atoms with Crippen LogP contribution in [0.2, 0.25) is 0 Å². The van der Waals surface area contributed by atoms with Crippen molar-refractivity contribution in [3.05, 3.63) is 108 Å². The number of hydrogen-bond acceptors (Lipinski definition) is 5. The average Bonchev–Trinajstić information content (AvgIpc) is 3.36. The lowest BCUT2D eigenvalue weighted by Crippen LogP contribution is -2.08. The highest BCUT2D eigenvalue weighted by Crippen LogP contribution is 2.40. The van der Waals surface area contributed by atoms with E-state index in [2.05, 4.69) is 72.8 Å². The Hall–Kier alpha value is -4.95. The molecule has 5 nitrogen and oxygen atoms in total. The van der Waals surface area contributed by atoms with Crippen molar-refractivity contribution >= 4 is 16.7 Å². The van der Waals surface area contributed by atoms with Gasteiger partial charge in [0.2, 0.25) is 5.88 Å². The Morgan fingerprint density at radius 2 is 1.62 bits per heavy atom. The lowest BCUT2D eigenvalue weighted by atomic mass is 9.95. The third-order valence-corrected chi connectivity index (χ3v) is 7.32. The Bertz CT molecular complexity index is 1780. The van der Waals surface area contributed by atoms with Crippen LogP contribution >= 0.6 is 0 Å². The molecular formula is C35H28N2O3. The minimum Gasteiger partial charge on any atom is -0.477 e. The maximum absolute atomic E-state index is 11.8. The number of pyridine rings is 1. The summed E-state index contributed by atoms with van der Waals surface area (Å²) in [5, 5.41) is 12.5. The van der Waals surface area contributed by atoms with Crippen molar-refractivity contribution in [2.45, 2.75) is 26.2 Å². The molecule has 0 radical (unpaired) electrons. The summed E-state index contributed by atoms with van der Waals surface area (Å²) in [5.41, 5.74) is 8.83. The molecule has 0 aliphatic heterocycles. The smallest absolute Gasteiger partial charge is 0.305 e. The maximum Gasteiger partial charge on any atom is 0.305 e. The van der Waals surface area contributed by atoms with E-state index in [0.717, 1.165) is 39.6 Å². The van der Waals surface area contributed by atoms with Crippen molar-refractivity contribution in [2.75, 3.05) is 13.2 Å². The summed E-state index contributed by atoms with van der Waals surface area (Å²) in [6, 6.07) is 33.6. The van der Waals surface area contributed by atoms with Crippen LogP contribution < -0.4 is 4.74 Å². The molecule has 0 saturated heterocycles. The lowest BCUT2D eigenvalue weighted by Gasteiger charge is -2.15. The van der Waals surface area contributed by atoms with Gasteiger partial charge in [-0.1, -0.05) is 78.9 Å². The summed E-state index contributed by atoms with van der Waals surface area (Å²) < 4.78 is 11.1. The molecule has 1 aromatic heterocycles. The summed E-state index contributed by atoms with van der Waals surface area (Å²) in [4.78, 5) is 16.6. The number of nitrogens with zero attached hydrogens (tertiary/aromatic N) is 2. The van der Waals surface area contributed by atoms with Crippen molar-refractivity contribution in [3.63, 3.8) is 0 Å². The molecule has 0 spiro atoms. The van der Waals surface area contributed by atoms with E-state index in [0.29, 0.717) is 18.6 Å². The number of carbonyl (C=O) groups is 1. The molecule has 5 heteroatoms. The SMILES string of the molecule is CCOC(=O)CCCOc1nc(-c2ccc3ccccc3c2)cc(-c2ccc3c(c2)Cc2ccccc2-3)c1C#N. The molecule has 1 aliphatic carbocycles. The monoisotopic (exact) mass is 524 g/mol. The van der Waals surface area contributed by atoms with Crippen LogP contribution in [-0.2, 0) is 16.0 Å². The van der Waals surface area contributed by atoms with Gasteiger partial charge in [0.25, 0.3) is 0 Å². The molecule has 0 bridgehead atoms. The molecule has 0 fully saturated rings. The molecule has 6 rings (SSSR count). The number of benzene rings is 4. The van der Waals surface area contributed by atoms with Gasteiger partial charge in [0.1, 0.15) is 11.6 Å². The normalized spacial score (nSPS) is 11.5. The van der Waals surface area contributed by atoms with E-state index in [-0.39, 0.29) is 24.9 Å². The first kappa shape index (κ1) is 25.3. The molecule has 0 atom stereocenters. The first-order valence-electron chi connectivity index (χ1n) is 13.6. The number of fused-ring (bicyclic) bond motifs is 4. The van der Waals surface area contributed by atoms with Crippen LogP contribution in [0.15, 0.2) is 91.0 Å². The summed E-state index contributed by atoms with van der Waals surface area (Å²) in [5.74, 6) is 0.0140. The van der Waals surface area contributed by atoms with Crippen LogP contribution in [0.5, 0.6) is 5.88 Å².